The molecule has 2 rings (SSSR count). The third kappa shape index (κ3) is 5.61. The second-order valence-electron chi connectivity index (χ2n) is 5.28. The Morgan fingerprint density at radius 2 is 1.95 bits per heavy atom. The smallest absolute Gasteiger partial charge is 0.221 e. The van der Waals surface area contributed by atoms with Crippen LogP contribution >= 0.6 is 22.7 Å². The molecule has 0 fully saturated rings. The van der Waals surface area contributed by atoms with Crippen LogP contribution in [0, 0.1) is 0 Å². The van der Waals surface area contributed by atoms with E-state index in [0.29, 0.717) is 13.0 Å². The van der Waals surface area contributed by atoms with Crippen molar-refractivity contribution in [1.29, 1.82) is 0 Å². The van der Waals surface area contributed by atoms with Crippen molar-refractivity contribution in [2.75, 3.05) is 6.54 Å². The molecule has 1 unspecified atom stereocenters. The predicted octanol–water partition coefficient (Wildman–Crippen LogP) is 3.60. The van der Waals surface area contributed by atoms with Crippen LogP contribution in [0.4, 0.5) is 0 Å². The number of carbonyl (C=O) groups excluding carboxylic acids is 1. The van der Waals surface area contributed by atoms with Crippen LogP contribution in [0.5, 0.6) is 0 Å². The molecule has 5 heteroatoms. The third-order valence-corrected chi connectivity index (χ3v) is 4.95. The molecule has 2 N–H and O–H groups in total. The molecule has 0 aliphatic carbocycles. The molecule has 2 aromatic heterocycles. The van der Waals surface area contributed by atoms with Crippen molar-refractivity contribution in [2.24, 2.45) is 0 Å². The van der Waals surface area contributed by atoms with E-state index >= 15 is 0 Å². The van der Waals surface area contributed by atoms with Gasteiger partial charge in [0.2, 0.25) is 5.91 Å². The van der Waals surface area contributed by atoms with Gasteiger partial charge in [0.25, 0.3) is 0 Å². The molecule has 0 saturated heterocycles. The van der Waals surface area contributed by atoms with Gasteiger partial charge >= 0.3 is 0 Å². The molecule has 0 bridgehead atoms. The average Bonchev–Trinajstić information content (AvgIpc) is 3.10. The van der Waals surface area contributed by atoms with Crippen molar-refractivity contribution >= 4 is 28.6 Å². The molecule has 2 heterocycles. The Balaban J connectivity index is 1.86. The van der Waals surface area contributed by atoms with Gasteiger partial charge in [-0.1, -0.05) is 12.1 Å². The maximum Gasteiger partial charge on any atom is 0.221 e. The SMILES string of the molecule is CC(C)NC(=O)CCNC(Cc1cccs1)c1cccs1. The fourth-order valence-electron chi connectivity index (χ4n) is 2.15. The summed E-state index contributed by atoms with van der Waals surface area (Å²) in [6, 6.07) is 8.98. The van der Waals surface area contributed by atoms with Crippen molar-refractivity contribution in [1.82, 2.24) is 10.6 Å². The molecule has 0 aliphatic rings. The van der Waals surface area contributed by atoms with Gasteiger partial charge in [-0.2, -0.15) is 0 Å². The van der Waals surface area contributed by atoms with E-state index in [-0.39, 0.29) is 18.0 Å². The summed E-state index contributed by atoms with van der Waals surface area (Å²) in [5.74, 6) is 0.110. The van der Waals surface area contributed by atoms with Crippen LogP contribution < -0.4 is 10.6 Å². The molecule has 21 heavy (non-hydrogen) atoms. The van der Waals surface area contributed by atoms with Crippen LogP contribution in [-0.4, -0.2) is 18.5 Å². The summed E-state index contributed by atoms with van der Waals surface area (Å²) in [5.41, 5.74) is 0. The Morgan fingerprint density at radius 1 is 1.19 bits per heavy atom. The predicted molar refractivity (Wildman–Crippen MR) is 91.0 cm³/mol. The van der Waals surface area contributed by atoms with Crippen LogP contribution in [0.15, 0.2) is 35.0 Å². The van der Waals surface area contributed by atoms with Crippen LogP contribution in [0.1, 0.15) is 36.1 Å². The van der Waals surface area contributed by atoms with Crippen molar-refractivity contribution in [3.8, 4) is 0 Å². The highest BCUT2D eigenvalue weighted by Crippen LogP contribution is 2.24. The number of hydrogen-bond acceptors (Lipinski definition) is 4. The van der Waals surface area contributed by atoms with Crippen molar-refractivity contribution in [2.45, 2.75) is 38.8 Å². The van der Waals surface area contributed by atoms with E-state index in [1.807, 2.05) is 13.8 Å². The van der Waals surface area contributed by atoms with Gasteiger partial charge in [-0.25, -0.2) is 0 Å². The molecule has 0 spiro atoms. The van der Waals surface area contributed by atoms with Gasteiger partial charge in [-0.15, -0.1) is 22.7 Å². The lowest BCUT2D eigenvalue weighted by Crippen LogP contribution is -2.33. The number of hydrogen-bond donors (Lipinski definition) is 2. The highest BCUT2D eigenvalue weighted by Gasteiger charge is 2.14. The van der Waals surface area contributed by atoms with Crippen molar-refractivity contribution in [3.63, 3.8) is 0 Å². The van der Waals surface area contributed by atoms with E-state index in [1.54, 1.807) is 22.7 Å². The lowest BCUT2D eigenvalue weighted by atomic mass is 10.1. The van der Waals surface area contributed by atoms with Gasteiger partial charge in [0.1, 0.15) is 0 Å². The summed E-state index contributed by atoms with van der Waals surface area (Å²) in [4.78, 5) is 14.4. The summed E-state index contributed by atoms with van der Waals surface area (Å²) in [5, 5.41) is 10.7. The van der Waals surface area contributed by atoms with Crippen LogP contribution in [0.2, 0.25) is 0 Å². The first-order valence-electron chi connectivity index (χ1n) is 7.23. The summed E-state index contributed by atoms with van der Waals surface area (Å²) in [6.07, 6.45) is 1.49. The fourth-order valence-corrected chi connectivity index (χ4v) is 3.70. The lowest BCUT2D eigenvalue weighted by molar-refractivity contribution is -0.121. The summed E-state index contributed by atoms with van der Waals surface area (Å²) < 4.78 is 0. The van der Waals surface area contributed by atoms with Crippen molar-refractivity contribution in [3.05, 3.63) is 44.8 Å². The van der Waals surface area contributed by atoms with E-state index in [2.05, 4.69) is 45.7 Å². The zero-order chi connectivity index (χ0) is 15.1. The van der Waals surface area contributed by atoms with Crippen molar-refractivity contribution < 1.29 is 4.79 Å². The highest BCUT2D eigenvalue weighted by atomic mass is 32.1. The molecule has 0 aromatic carbocycles. The lowest BCUT2D eigenvalue weighted by Gasteiger charge is -2.17. The van der Waals surface area contributed by atoms with E-state index in [1.165, 1.54) is 9.75 Å². The van der Waals surface area contributed by atoms with Gasteiger partial charge in [0.15, 0.2) is 0 Å². The minimum atomic E-state index is 0.110. The fraction of sp³-hybridized carbons (Fsp3) is 0.438. The van der Waals surface area contributed by atoms with Crippen LogP contribution in [0.3, 0.4) is 0 Å². The highest BCUT2D eigenvalue weighted by molar-refractivity contribution is 7.10. The molecule has 3 nitrogen and oxygen atoms in total. The molecule has 1 atom stereocenters. The summed E-state index contributed by atoms with van der Waals surface area (Å²) >= 11 is 3.55. The van der Waals surface area contributed by atoms with Gasteiger partial charge in [-0.05, 0) is 36.7 Å². The normalized spacial score (nSPS) is 12.5. The maximum atomic E-state index is 11.7. The third-order valence-electron chi connectivity index (χ3n) is 3.06. The topological polar surface area (TPSA) is 41.1 Å². The standard InChI is InChI=1S/C16H22N2OS2/c1-12(2)18-16(19)7-8-17-14(15-6-4-10-21-15)11-13-5-3-9-20-13/h3-6,9-10,12,14,17H,7-8,11H2,1-2H3,(H,18,19). The van der Waals surface area contributed by atoms with Gasteiger partial charge < -0.3 is 10.6 Å². The van der Waals surface area contributed by atoms with Crippen LogP contribution in [-0.2, 0) is 11.2 Å². The first kappa shape index (κ1) is 16.2. The Kier molecular flexibility index (Phi) is 6.42. The van der Waals surface area contributed by atoms with Crippen LogP contribution in [0.25, 0.3) is 0 Å². The van der Waals surface area contributed by atoms with Gasteiger partial charge in [-0.3, -0.25) is 4.79 Å². The largest absolute Gasteiger partial charge is 0.354 e. The molecule has 2 aromatic rings. The molecule has 0 saturated carbocycles. The number of carbonyl (C=O) groups is 1. The molecule has 1 amide bonds. The minimum absolute atomic E-state index is 0.110. The second kappa shape index (κ2) is 8.32. The zero-order valence-corrected chi connectivity index (χ0v) is 14.1. The Bertz CT molecular complexity index is 520. The molecular weight excluding hydrogens is 300 g/mol. The number of amides is 1. The molecular formula is C16H22N2OS2. The first-order valence-corrected chi connectivity index (χ1v) is 8.99. The number of nitrogens with one attached hydrogen (secondary N) is 2. The maximum absolute atomic E-state index is 11.7. The Morgan fingerprint density at radius 3 is 2.57 bits per heavy atom. The van der Waals surface area contributed by atoms with E-state index in [4.69, 9.17) is 0 Å². The van der Waals surface area contributed by atoms with E-state index < -0.39 is 0 Å². The molecule has 0 radical (unpaired) electrons. The Labute approximate surface area is 134 Å². The number of rotatable bonds is 8. The zero-order valence-electron chi connectivity index (χ0n) is 12.5. The van der Waals surface area contributed by atoms with E-state index in [0.717, 1.165) is 6.42 Å². The minimum Gasteiger partial charge on any atom is -0.354 e. The number of thiophene rings is 2. The van der Waals surface area contributed by atoms with Gasteiger partial charge in [0.05, 0.1) is 0 Å². The average molecular weight is 322 g/mol. The summed E-state index contributed by atoms with van der Waals surface area (Å²) in [6.45, 7) is 4.67. The van der Waals surface area contributed by atoms with E-state index in [9.17, 15) is 4.79 Å². The first-order chi connectivity index (χ1) is 10.1. The summed E-state index contributed by atoms with van der Waals surface area (Å²) in [7, 11) is 0. The molecule has 114 valence electrons. The second-order valence-corrected chi connectivity index (χ2v) is 7.29. The Hall–Kier alpha value is -1.17. The monoisotopic (exact) mass is 322 g/mol. The quantitative estimate of drug-likeness (QED) is 0.780. The molecule has 0 aliphatic heterocycles. The van der Waals surface area contributed by atoms with Gasteiger partial charge in [0, 0.05) is 41.2 Å².